The molecule has 1 saturated heterocycles. The number of aliphatic hydroxyl groups excluding tert-OH is 2. The van der Waals surface area contributed by atoms with E-state index in [1.807, 2.05) is 91.0 Å². The summed E-state index contributed by atoms with van der Waals surface area (Å²) >= 11 is 0. The van der Waals surface area contributed by atoms with Crippen LogP contribution in [0, 0.1) is 0 Å². The monoisotopic (exact) mass is 448 g/mol. The number of ether oxygens (including phenoxy) is 3. The van der Waals surface area contributed by atoms with Crippen molar-refractivity contribution in [2.75, 3.05) is 0 Å². The van der Waals surface area contributed by atoms with Crippen LogP contribution in [0.2, 0.25) is 0 Å². The third kappa shape index (κ3) is 4.10. The Morgan fingerprint density at radius 3 is 1.79 bits per heavy atom. The first-order valence-electron chi connectivity index (χ1n) is 11.2. The van der Waals surface area contributed by atoms with Crippen LogP contribution >= 0.6 is 0 Å². The lowest BCUT2D eigenvalue weighted by atomic mass is 9.57. The second-order valence-electron chi connectivity index (χ2n) is 8.70. The lowest BCUT2D eigenvalue weighted by Crippen LogP contribution is -2.80. The molecule has 0 amide bonds. The van der Waals surface area contributed by atoms with Crippen molar-refractivity contribution >= 4 is 0 Å². The minimum absolute atomic E-state index is 0.195. The van der Waals surface area contributed by atoms with Crippen LogP contribution in [0.4, 0.5) is 0 Å². The summed E-state index contributed by atoms with van der Waals surface area (Å²) < 4.78 is 17.9. The lowest BCUT2D eigenvalue weighted by Gasteiger charge is -2.62. The van der Waals surface area contributed by atoms with Crippen LogP contribution in [0.5, 0.6) is 0 Å². The molecule has 3 aromatic rings. The van der Waals surface area contributed by atoms with Crippen molar-refractivity contribution in [3.05, 3.63) is 108 Å². The second kappa shape index (κ2) is 9.35. The Morgan fingerprint density at radius 2 is 1.21 bits per heavy atom. The molecule has 0 spiro atoms. The van der Waals surface area contributed by atoms with Gasteiger partial charge in [-0.05, 0) is 16.7 Å². The number of fused-ring (bicyclic) bond motifs is 1. The molecule has 3 N–H and O–H groups in total. The van der Waals surface area contributed by atoms with Crippen LogP contribution in [0.1, 0.15) is 22.6 Å². The van der Waals surface area contributed by atoms with E-state index in [0.717, 1.165) is 16.7 Å². The first-order chi connectivity index (χ1) is 16.1. The first kappa shape index (κ1) is 22.2. The quantitative estimate of drug-likeness (QED) is 0.515. The van der Waals surface area contributed by atoms with Gasteiger partial charge in [0, 0.05) is 5.92 Å². The molecular weight excluding hydrogens is 420 g/mol. The lowest BCUT2D eigenvalue weighted by molar-refractivity contribution is -0.394. The molecule has 0 aromatic heterocycles. The van der Waals surface area contributed by atoms with E-state index in [4.69, 9.17) is 14.2 Å². The van der Waals surface area contributed by atoms with Gasteiger partial charge in [0.25, 0.3) is 0 Å². The number of aliphatic hydroxyl groups is 3. The zero-order chi connectivity index (χ0) is 22.8. The van der Waals surface area contributed by atoms with Gasteiger partial charge in [-0.1, -0.05) is 91.0 Å². The highest BCUT2D eigenvalue weighted by Crippen LogP contribution is 2.54. The van der Waals surface area contributed by atoms with E-state index >= 15 is 0 Å². The molecule has 33 heavy (non-hydrogen) atoms. The van der Waals surface area contributed by atoms with Gasteiger partial charge in [0.1, 0.15) is 23.9 Å². The van der Waals surface area contributed by atoms with E-state index in [0.29, 0.717) is 0 Å². The third-order valence-corrected chi connectivity index (χ3v) is 6.62. The van der Waals surface area contributed by atoms with Crippen molar-refractivity contribution in [2.24, 2.45) is 0 Å². The Bertz CT molecular complexity index is 1030. The molecule has 3 unspecified atom stereocenters. The van der Waals surface area contributed by atoms with Crippen LogP contribution in [0.15, 0.2) is 91.0 Å². The molecule has 2 fully saturated rings. The van der Waals surface area contributed by atoms with Crippen molar-refractivity contribution in [2.45, 2.75) is 55.4 Å². The molecule has 172 valence electrons. The fourth-order valence-electron chi connectivity index (χ4n) is 4.96. The maximum atomic E-state index is 11.8. The summed E-state index contributed by atoms with van der Waals surface area (Å²) in [5.74, 6) is -0.658. The van der Waals surface area contributed by atoms with E-state index < -0.39 is 42.2 Å². The summed E-state index contributed by atoms with van der Waals surface area (Å²) in [6, 6.07) is 28.4. The predicted octanol–water partition coefficient (Wildman–Crippen LogP) is 2.76. The third-order valence-electron chi connectivity index (χ3n) is 6.62. The number of hydrogen-bond donors (Lipinski definition) is 3. The van der Waals surface area contributed by atoms with Crippen molar-refractivity contribution < 1.29 is 29.5 Å². The zero-order valence-corrected chi connectivity index (χ0v) is 18.1. The van der Waals surface area contributed by atoms with Gasteiger partial charge in [-0.15, -0.1) is 0 Å². The van der Waals surface area contributed by atoms with Gasteiger partial charge in [0.05, 0.1) is 19.3 Å². The Balaban J connectivity index is 1.40. The van der Waals surface area contributed by atoms with Gasteiger partial charge in [-0.3, -0.25) is 0 Å². The minimum Gasteiger partial charge on any atom is -0.390 e. The van der Waals surface area contributed by atoms with Gasteiger partial charge < -0.3 is 29.5 Å². The second-order valence-corrected chi connectivity index (χ2v) is 8.70. The molecule has 0 bridgehead atoms. The van der Waals surface area contributed by atoms with Crippen LogP contribution in [-0.4, -0.2) is 51.6 Å². The van der Waals surface area contributed by atoms with Gasteiger partial charge in [-0.2, -0.15) is 0 Å². The molecule has 1 saturated carbocycles. The maximum Gasteiger partial charge on any atom is 0.187 e. The summed E-state index contributed by atoms with van der Waals surface area (Å²) in [5.41, 5.74) is 0.986. The largest absolute Gasteiger partial charge is 0.390 e. The normalized spacial score (nSPS) is 33.2. The van der Waals surface area contributed by atoms with E-state index in [1.54, 1.807) is 0 Å². The topological polar surface area (TPSA) is 88.4 Å². The molecule has 1 heterocycles. The van der Waals surface area contributed by atoms with Gasteiger partial charge >= 0.3 is 0 Å². The van der Waals surface area contributed by atoms with Crippen LogP contribution in [0.3, 0.4) is 0 Å². The fraction of sp³-hybridized carbons (Fsp3) is 0.333. The first-order valence-corrected chi connectivity index (χ1v) is 11.2. The molecule has 1 aliphatic carbocycles. The number of rotatable bonds is 7. The molecule has 3 aromatic carbocycles. The maximum absolute atomic E-state index is 11.8. The van der Waals surface area contributed by atoms with Crippen molar-refractivity contribution in [3.8, 4) is 0 Å². The van der Waals surface area contributed by atoms with E-state index in [9.17, 15) is 15.3 Å². The number of hydrogen-bond acceptors (Lipinski definition) is 6. The molecule has 5 rings (SSSR count). The summed E-state index contributed by atoms with van der Waals surface area (Å²) in [6.45, 7) is 0.415. The van der Waals surface area contributed by atoms with Crippen molar-refractivity contribution in [3.63, 3.8) is 0 Å². The van der Waals surface area contributed by atoms with Gasteiger partial charge in [0.15, 0.2) is 6.29 Å². The Hall–Kier alpha value is -2.58. The summed E-state index contributed by atoms with van der Waals surface area (Å²) in [6.07, 6.45) is -5.24. The molecule has 7 atom stereocenters. The average molecular weight is 449 g/mol. The fourth-order valence-corrected chi connectivity index (χ4v) is 4.96. The Labute approximate surface area is 193 Å². The molecule has 6 heteroatoms. The van der Waals surface area contributed by atoms with Crippen LogP contribution < -0.4 is 0 Å². The van der Waals surface area contributed by atoms with E-state index in [1.165, 1.54) is 0 Å². The van der Waals surface area contributed by atoms with Gasteiger partial charge in [-0.25, -0.2) is 0 Å². The predicted molar refractivity (Wildman–Crippen MR) is 121 cm³/mol. The van der Waals surface area contributed by atoms with E-state index in [2.05, 4.69) is 0 Å². The Morgan fingerprint density at radius 1 is 0.697 bits per heavy atom. The standard InChI is InChI=1S/C27H28O6/c28-22-21(20-14-8-3-9-15-20)27(30)24(31-16-18-10-4-1-5-11-18)23(29)26(33-25(22)27)32-17-19-12-6-2-7-13-19/h1-15,21-26,28-30H,16-17H2/t21?,22?,23-,24-,25-,26?,27+/m1/s1. The minimum atomic E-state index is -1.61. The smallest absolute Gasteiger partial charge is 0.187 e. The molecule has 6 nitrogen and oxygen atoms in total. The highest BCUT2D eigenvalue weighted by Gasteiger charge is 2.71. The molecule has 2 aliphatic rings. The average Bonchev–Trinajstić information content (AvgIpc) is 2.85. The number of benzene rings is 3. The molecule has 0 radical (unpaired) electrons. The molecular formula is C27H28O6. The Kier molecular flexibility index (Phi) is 6.29. The zero-order valence-electron chi connectivity index (χ0n) is 18.1. The molecule has 1 aliphatic heterocycles. The van der Waals surface area contributed by atoms with Crippen LogP contribution in [-0.2, 0) is 27.4 Å². The van der Waals surface area contributed by atoms with E-state index in [-0.39, 0.29) is 13.2 Å². The SMILES string of the molecule is OC1C(c2ccccc2)[C@@]2(O)[C@@H]1OC(OCc1ccccc1)[C@H](O)[C@H]2OCc1ccccc1. The highest BCUT2D eigenvalue weighted by molar-refractivity contribution is 5.35. The van der Waals surface area contributed by atoms with Crippen LogP contribution in [0.25, 0.3) is 0 Å². The summed E-state index contributed by atoms with van der Waals surface area (Å²) in [4.78, 5) is 0. The van der Waals surface area contributed by atoms with Crippen molar-refractivity contribution in [1.82, 2.24) is 0 Å². The summed E-state index contributed by atoms with van der Waals surface area (Å²) in [5, 5.41) is 33.9. The van der Waals surface area contributed by atoms with Crippen molar-refractivity contribution in [1.29, 1.82) is 0 Å². The highest BCUT2D eigenvalue weighted by atomic mass is 16.7. The van der Waals surface area contributed by atoms with Gasteiger partial charge in [0.2, 0.25) is 0 Å². The summed E-state index contributed by atoms with van der Waals surface area (Å²) in [7, 11) is 0.